The van der Waals surface area contributed by atoms with Crippen molar-refractivity contribution in [3.05, 3.63) is 45.9 Å². The number of hydrogen-bond donors (Lipinski definition) is 1. The van der Waals surface area contributed by atoms with Crippen LogP contribution in [-0.4, -0.2) is 34.8 Å². The number of anilines is 1. The summed E-state index contributed by atoms with van der Waals surface area (Å²) in [6.45, 7) is 3.32. The zero-order valence-electron chi connectivity index (χ0n) is 15.4. The molecule has 1 fully saturated rings. The van der Waals surface area contributed by atoms with Crippen molar-refractivity contribution in [3.8, 4) is 0 Å². The third-order valence-corrected chi connectivity index (χ3v) is 6.07. The number of nitrogens with one attached hydrogen (secondary N) is 1. The van der Waals surface area contributed by atoms with Gasteiger partial charge in [0.05, 0.1) is 0 Å². The highest BCUT2D eigenvalue weighted by Crippen LogP contribution is 2.26. The zero-order chi connectivity index (χ0) is 19.2. The summed E-state index contributed by atoms with van der Waals surface area (Å²) in [5.41, 5.74) is 1.05. The minimum atomic E-state index is -0.0633. The van der Waals surface area contributed by atoms with E-state index >= 15 is 0 Å². The minimum absolute atomic E-state index is 0.00349. The molecule has 1 aliphatic rings. The second kappa shape index (κ2) is 9.33. The number of carbonyl (C=O) groups excluding carboxylic acids is 2. The van der Waals surface area contributed by atoms with Gasteiger partial charge < -0.3 is 10.2 Å². The van der Waals surface area contributed by atoms with E-state index < -0.39 is 0 Å². The van der Waals surface area contributed by atoms with E-state index in [4.69, 9.17) is 11.6 Å². The summed E-state index contributed by atoms with van der Waals surface area (Å²) in [7, 11) is 0. The summed E-state index contributed by atoms with van der Waals surface area (Å²) in [5, 5.41) is 4.29. The molecule has 2 heterocycles. The number of halogens is 1. The first kappa shape index (κ1) is 19.8. The molecule has 1 aromatic heterocycles. The van der Waals surface area contributed by atoms with E-state index in [0.717, 1.165) is 21.9 Å². The zero-order valence-corrected chi connectivity index (χ0v) is 17.0. The molecule has 1 aromatic carbocycles. The van der Waals surface area contributed by atoms with Gasteiger partial charge >= 0.3 is 0 Å². The van der Waals surface area contributed by atoms with Crippen LogP contribution in [0.25, 0.3) is 0 Å². The molecule has 0 atom stereocenters. The smallest absolute Gasteiger partial charge is 0.229 e. The monoisotopic (exact) mass is 405 g/mol. The highest BCUT2D eigenvalue weighted by molar-refractivity contribution is 7.15. The summed E-state index contributed by atoms with van der Waals surface area (Å²) in [4.78, 5) is 31.7. The van der Waals surface area contributed by atoms with Crippen LogP contribution in [-0.2, 0) is 16.0 Å². The number of hydrogen-bond acceptors (Lipinski definition) is 4. The maximum atomic E-state index is 12.5. The molecule has 0 bridgehead atoms. The Kier molecular flexibility index (Phi) is 6.85. The number of carbonyl (C=O) groups is 2. The molecule has 0 aliphatic carbocycles. The predicted octanol–water partition coefficient (Wildman–Crippen LogP) is 4.36. The molecule has 0 saturated carbocycles. The highest BCUT2D eigenvalue weighted by atomic mass is 35.5. The number of amides is 2. The summed E-state index contributed by atoms with van der Waals surface area (Å²) in [6.07, 6.45) is 5.35. The second-order valence-corrected chi connectivity index (χ2v) is 8.32. The maximum Gasteiger partial charge on any atom is 0.229 e. The SMILES string of the molecule is CCCC(=O)N1CCC(C(=O)Nc2ncc(Cc3ccccc3Cl)s2)CC1. The van der Waals surface area contributed by atoms with E-state index in [-0.39, 0.29) is 17.7 Å². The van der Waals surface area contributed by atoms with Crippen molar-refractivity contribution in [2.75, 3.05) is 18.4 Å². The molecule has 7 heteroatoms. The Morgan fingerprint density at radius 3 is 2.74 bits per heavy atom. The van der Waals surface area contributed by atoms with E-state index in [2.05, 4.69) is 10.3 Å². The Bertz CT molecular complexity index is 800. The Morgan fingerprint density at radius 2 is 2.04 bits per heavy atom. The van der Waals surface area contributed by atoms with Crippen molar-refractivity contribution >= 4 is 39.9 Å². The Balaban J connectivity index is 1.51. The van der Waals surface area contributed by atoms with Gasteiger partial charge in [-0.1, -0.05) is 36.7 Å². The largest absolute Gasteiger partial charge is 0.343 e. The van der Waals surface area contributed by atoms with Gasteiger partial charge in [0, 0.05) is 47.9 Å². The van der Waals surface area contributed by atoms with Gasteiger partial charge in [0.15, 0.2) is 5.13 Å². The second-order valence-electron chi connectivity index (χ2n) is 6.79. The van der Waals surface area contributed by atoms with Gasteiger partial charge in [-0.3, -0.25) is 9.59 Å². The summed E-state index contributed by atoms with van der Waals surface area (Å²) in [5.74, 6) is 0.128. The van der Waals surface area contributed by atoms with E-state index in [0.29, 0.717) is 43.9 Å². The molecule has 1 saturated heterocycles. The standard InChI is InChI=1S/C20H24ClN3O2S/c1-2-5-18(25)24-10-8-14(9-11-24)19(26)23-20-22-13-16(27-20)12-15-6-3-4-7-17(15)21/h3-4,6-7,13-14H,2,5,8-12H2,1H3,(H,22,23,26). The van der Waals surface area contributed by atoms with Gasteiger partial charge in [-0.05, 0) is 30.9 Å². The average molecular weight is 406 g/mol. The van der Waals surface area contributed by atoms with Crippen LogP contribution >= 0.6 is 22.9 Å². The van der Waals surface area contributed by atoms with E-state index in [1.54, 1.807) is 6.20 Å². The van der Waals surface area contributed by atoms with Crippen molar-refractivity contribution in [2.24, 2.45) is 5.92 Å². The van der Waals surface area contributed by atoms with Gasteiger partial charge in [0.2, 0.25) is 11.8 Å². The van der Waals surface area contributed by atoms with Crippen LogP contribution in [0.3, 0.4) is 0 Å². The Hall–Kier alpha value is -1.92. The molecule has 0 spiro atoms. The van der Waals surface area contributed by atoms with Crippen molar-refractivity contribution in [2.45, 2.75) is 39.0 Å². The summed E-state index contributed by atoms with van der Waals surface area (Å²) < 4.78 is 0. The quantitative estimate of drug-likeness (QED) is 0.776. The van der Waals surface area contributed by atoms with Gasteiger partial charge in [0.25, 0.3) is 0 Å². The van der Waals surface area contributed by atoms with Gasteiger partial charge in [0.1, 0.15) is 0 Å². The number of piperidine rings is 1. The third-order valence-electron chi connectivity index (χ3n) is 4.79. The lowest BCUT2D eigenvalue weighted by Crippen LogP contribution is -2.41. The van der Waals surface area contributed by atoms with Crippen molar-refractivity contribution in [1.82, 2.24) is 9.88 Å². The summed E-state index contributed by atoms with van der Waals surface area (Å²) in [6, 6.07) is 7.74. The normalized spacial score (nSPS) is 15.0. The third kappa shape index (κ3) is 5.30. The molecule has 5 nitrogen and oxygen atoms in total. The van der Waals surface area contributed by atoms with Gasteiger partial charge in [-0.15, -0.1) is 11.3 Å². The molecule has 2 amide bonds. The van der Waals surface area contributed by atoms with E-state index in [1.165, 1.54) is 11.3 Å². The summed E-state index contributed by atoms with van der Waals surface area (Å²) >= 11 is 7.68. The van der Waals surface area contributed by atoms with Crippen LogP contribution in [0, 0.1) is 5.92 Å². The lowest BCUT2D eigenvalue weighted by molar-refractivity contribution is -0.134. The van der Waals surface area contributed by atoms with E-state index in [1.807, 2.05) is 36.1 Å². The minimum Gasteiger partial charge on any atom is -0.343 e. The van der Waals surface area contributed by atoms with Crippen LogP contribution in [0.15, 0.2) is 30.5 Å². The van der Waals surface area contributed by atoms with Crippen LogP contribution in [0.1, 0.15) is 43.0 Å². The first-order valence-electron chi connectivity index (χ1n) is 9.33. The van der Waals surface area contributed by atoms with Crippen molar-refractivity contribution in [3.63, 3.8) is 0 Å². The number of benzene rings is 1. The molecule has 1 aliphatic heterocycles. The van der Waals surface area contributed by atoms with Crippen molar-refractivity contribution in [1.29, 1.82) is 0 Å². The molecule has 0 unspecified atom stereocenters. The molecule has 0 radical (unpaired) electrons. The fourth-order valence-electron chi connectivity index (χ4n) is 3.25. The van der Waals surface area contributed by atoms with Crippen LogP contribution in [0.5, 0.6) is 0 Å². The number of aromatic nitrogens is 1. The fraction of sp³-hybridized carbons (Fsp3) is 0.450. The molecule has 144 valence electrons. The molecule has 3 rings (SSSR count). The van der Waals surface area contributed by atoms with E-state index in [9.17, 15) is 9.59 Å². The van der Waals surface area contributed by atoms with Gasteiger partial charge in [-0.2, -0.15) is 0 Å². The number of nitrogens with zero attached hydrogens (tertiary/aromatic N) is 2. The first-order valence-corrected chi connectivity index (χ1v) is 10.5. The Morgan fingerprint density at radius 1 is 1.30 bits per heavy atom. The molecule has 2 aromatic rings. The number of thiazole rings is 1. The maximum absolute atomic E-state index is 12.5. The Labute approximate surface area is 168 Å². The predicted molar refractivity (Wildman–Crippen MR) is 109 cm³/mol. The van der Waals surface area contributed by atoms with Crippen LogP contribution in [0.4, 0.5) is 5.13 Å². The lowest BCUT2D eigenvalue weighted by atomic mass is 9.96. The fourth-order valence-corrected chi connectivity index (χ4v) is 4.29. The molecular formula is C20H24ClN3O2S. The van der Waals surface area contributed by atoms with Crippen LogP contribution in [0.2, 0.25) is 5.02 Å². The topological polar surface area (TPSA) is 62.3 Å². The highest BCUT2D eigenvalue weighted by Gasteiger charge is 2.27. The van der Waals surface area contributed by atoms with Gasteiger partial charge in [-0.25, -0.2) is 4.98 Å². The number of rotatable bonds is 6. The van der Waals surface area contributed by atoms with Crippen molar-refractivity contribution < 1.29 is 9.59 Å². The molecule has 27 heavy (non-hydrogen) atoms. The average Bonchev–Trinajstić information content (AvgIpc) is 3.11. The number of likely N-dealkylation sites (tertiary alicyclic amines) is 1. The lowest BCUT2D eigenvalue weighted by Gasteiger charge is -2.31. The first-order chi connectivity index (χ1) is 13.1. The molecule has 1 N–H and O–H groups in total. The molecular weight excluding hydrogens is 382 g/mol. The van der Waals surface area contributed by atoms with Crippen LogP contribution < -0.4 is 5.32 Å².